The van der Waals surface area contributed by atoms with Crippen LogP contribution in [0.25, 0.3) is 0 Å². The number of ether oxygens (including phenoxy) is 1. The summed E-state index contributed by atoms with van der Waals surface area (Å²) in [6.07, 6.45) is -5.14. The standard InChI is InChI=1S/C15H18F3NO3/c1-14(2,3)22-12(20)11(19-13(21)15(16,17)18)9-10-7-5-4-6-8-10/h4-8,11H,9H2,1-3H3,(H,19,21)/t11-/m0/s1. The van der Waals surface area contributed by atoms with Crippen LogP contribution in [0.2, 0.25) is 0 Å². The summed E-state index contributed by atoms with van der Waals surface area (Å²) in [6, 6.07) is 7.00. The van der Waals surface area contributed by atoms with Crippen molar-refractivity contribution in [3.05, 3.63) is 35.9 Å². The Morgan fingerprint density at radius 3 is 2.14 bits per heavy atom. The van der Waals surface area contributed by atoms with Crippen LogP contribution < -0.4 is 5.32 Å². The number of nitrogens with one attached hydrogen (secondary N) is 1. The number of alkyl halides is 3. The molecule has 0 saturated carbocycles. The molecule has 0 saturated heterocycles. The average molecular weight is 317 g/mol. The molecule has 0 fully saturated rings. The molecule has 1 rings (SSSR count). The molecule has 0 aliphatic carbocycles. The van der Waals surface area contributed by atoms with E-state index >= 15 is 0 Å². The highest BCUT2D eigenvalue weighted by Crippen LogP contribution is 2.17. The molecule has 1 aromatic rings. The highest BCUT2D eigenvalue weighted by atomic mass is 19.4. The fourth-order valence-electron chi connectivity index (χ4n) is 1.66. The monoisotopic (exact) mass is 317 g/mol. The zero-order valence-corrected chi connectivity index (χ0v) is 12.5. The highest BCUT2D eigenvalue weighted by molar-refractivity contribution is 5.87. The van der Waals surface area contributed by atoms with Gasteiger partial charge in [-0.1, -0.05) is 30.3 Å². The molecule has 0 aromatic heterocycles. The van der Waals surface area contributed by atoms with Crippen LogP contribution in [0.5, 0.6) is 0 Å². The quantitative estimate of drug-likeness (QED) is 0.869. The Hall–Kier alpha value is -2.05. The molecule has 1 amide bonds. The summed E-state index contributed by atoms with van der Waals surface area (Å²) < 4.78 is 42.2. The molecule has 4 nitrogen and oxygen atoms in total. The van der Waals surface area contributed by atoms with Crippen molar-refractivity contribution in [3.8, 4) is 0 Å². The van der Waals surface area contributed by atoms with Gasteiger partial charge >= 0.3 is 18.1 Å². The zero-order valence-electron chi connectivity index (χ0n) is 12.5. The van der Waals surface area contributed by atoms with Gasteiger partial charge in [0.2, 0.25) is 0 Å². The Bertz CT molecular complexity index is 521. The van der Waals surface area contributed by atoms with Gasteiger partial charge < -0.3 is 10.1 Å². The predicted molar refractivity (Wildman–Crippen MR) is 74.0 cm³/mol. The minimum absolute atomic E-state index is 0.0857. The third-order valence-corrected chi connectivity index (χ3v) is 2.54. The third kappa shape index (κ3) is 6.15. The van der Waals surface area contributed by atoms with Gasteiger partial charge in [-0.05, 0) is 26.3 Å². The summed E-state index contributed by atoms with van der Waals surface area (Å²) in [6.45, 7) is 4.78. The second-order valence-corrected chi connectivity index (χ2v) is 5.75. The van der Waals surface area contributed by atoms with E-state index in [4.69, 9.17) is 4.74 Å². The average Bonchev–Trinajstić information content (AvgIpc) is 2.36. The zero-order chi connectivity index (χ0) is 17.0. The molecule has 7 heteroatoms. The number of carbonyl (C=O) groups excluding carboxylic acids is 2. The number of esters is 1. The van der Waals surface area contributed by atoms with Crippen LogP contribution in [0.15, 0.2) is 30.3 Å². The maximum Gasteiger partial charge on any atom is 0.471 e. The molecular weight excluding hydrogens is 299 g/mol. The van der Waals surface area contributed by atoms with Crippen molar-refractivity contribution in [2.75, 3.05) is 0 Å². The number of benzene rings is 1. The Morgan fingerprint density at radius 2 is 1.68 bits per heavy atom. The van der Waals surface area contributed by atoms with Gasteiger partial charge in [0.25, 0.3) is 0 Å². The van der Waals surface area contributed by atoms with Crippen LogP contribution in [0.1, 0.15) is 26.3 Å². The minimum Gasteiger partial charge on any atom is -0.458 e. The van der Waals surface area contributed by atoms with E-state index in [0.29, 0.717) is 5.56 Å². The molecule has 0 bridgehead atoms. The van der Waals surface area contributed by atoms with Gasteiger partial charge in [-0.2, -0.15) is 13.2 Å². The molecule has 1 aromatic carbocycles. The van der Waals surface area contributed by atoms with Crippen molar-refractivity contribution in [2.24, 2.45) is 0 Å². The number of amides is 1. The number of hydrogen-bond donors (Lipinski definition) is 1. The van der Waals surface area contributed by atoms with Crippen LogP contribution >= 0.6 is 0 Å². The maximum absolute atomic E-state index is 12.4. The van der Waals surface area contributed by atoms with Crippen molar-refractivity contribution < 1.29 is 27.5 Å². The van der Waals surface area contributed by atoms with Gasteiger partial charge in [-0.3, -0.25) is 4.79 Å². The van der Waals surface area contributed by atoms with Crippen molar-refractivity contribution in [2.45, 2.75) is 45.0 Å². The molecular formula is C15H18F3NO3. The fraction of sp³-hybridized carbons (Fsp3) is 0.467. The van der Waals surface area contributed by atoms with E-state index in [1.165, 1.54) is 0 Å². The van der Waals surface area contributed by atoms with Crippen LogP contribution in [-0.4, -0.2) is 29.7 Å². The third-order valence-electron chi connectivity index (χ3n) is 2.54. The lowest BCUT2D eigenvalue weighted by molar-refractivity contribution is -0.177. The van der Waals surface area contributed by atoms with E-state index in [2.05, 4.69) is 0 Å². The molecule has 0 heterocycles. The van der Waals surface area contributed by atoms with Gasteiger partial charge in [-0.15, -0.1) is 0 Å². The second kappa shape index (κ2) is 6.81. The number of halogens is 3. The molecule has 1 N–H and O–H groups in total. The van der Waals surface area contributed by atoms with Gasteiger partial charge in [0.15, 0.2) is 0 Å². The number of carbonyl (C=O) groups is 2. The first-order valence-corrected chi connectivity index (χ1v) is 6.63. The van der Waals surface area contributed by atoms with E-state index in [1.54, 1.807) is 56.4 Å². The van der Waals surface area contributed by atoms with Gasteiger partial charge in [-0.25, -0.2) is 4.79 Å². The largest absolute Gasteiger partial charge is 0.471 e. The Kier molecular flexibility index (Phi) is 5.57. The summed E-state index contributed by atoms with van der Waals surface area (Å²) in [7, 11) is 0. The summed E-state index contributed by atoms with van der Waals surface area (Å²) >= 11 is 0. The van der Waals surface area contributed by atoms with E-state index in [-0.39, 0.29) is 6.42 Å². The molecule has 0 unspecified atom stereocenters. The van der Waals surface area contributed by atoms with Crippen LogP contribution in [0, 0.1) is 0 Å². The minimum atomic E-state index is -5.06. The normalized spacial score (nSPS) is 13.4. The van der Waals surface area contributed by atoms with Crippen molar-refractivity contribution in [3.63, 3.8) is 0 Å². The van der Waals surface area contributed by atoms with Crippen molar-refractivity contribution >= 4 is 11.9 Å². The molecule has 0 spiro atoms. The SMILES string of the molecule is CC(C)(C)OC(=O)[C@H](Cc1ccccc1)NC(=O)C(F)(F)F. The van der Waals surface area contributed by atoms with Gasteiger partial charge in [0.05, 0.1) is 0 Å². The van der Waals surface area contributed by atoms with Crippen LogP contribution in [0.3, 0.4) is 0 Å². The first-order valence-electron chi connectivity index (χ1n) is 6.63. The molecule has 0 radical (unpaired) electrons. The Morgan fingerprint density at radius 1 is 1.14 bits per heavy atom. The lowest BCUT2D eigenvalue weighted by Crippen LogP contribution is -2.49. The lowest BCUT2D eigenvalue weighted by atomic mass is 10.1. The summed E-state index contributed by atoms with van der Waals surface area (Å²) in [4.78, 5) is 23.1. The number of rotatable bonds is 4. The highest BCUT2D eigenvalue weighted by Gasteiger charge is 2.41. The molecule has 1 atom stereocenters. The first kappa shape index (κ1) is 18.0. The van der Waals surface area contributed by atoms with Gasteiger partial charge in [0.1, 0.15) is 11.6 Å². The van der Waals surface area contributed by atoms with E-state index in [0.717, 1.165) is 0 Å². The van der Waals surface area contributed by atoms with Crippen molar-refractivity contribution in [1.82, 2.24) is 5.32 Å². The molecule has 122 valence electrons. The summed E-state index contributed by atoms with van der Waals surface area (Å²) in [5.41, 5.74) is -0.254. The number of hydrogen-bond acceptors (Lipinski definition) is 3. The van der Waals surface area contributed by atoms with E-state index < -0.39 is 29.7 Å². The lowest BCUT2D eigenvalue weighted by Gasteiger charge is -2.25. The first-order chi connectivity index (χ1) is 9.99. The summed E-state index contributed by atoms with van der Waals surface area (Å²) in [5.74, 6) is -3.08. The van der Waals surface area contributed by atoms with Crippen LogP contribution in [0.4, 0.5) is 13.2 Å². The van der Waals surface area contributed by atoms with Gasteiger partial charge in [0, 0.05) is 6.42 Å². The van der Waals surface area contributed by atoms with Crippen molar-refractivity contribution in [1.29, 1.82) is 0 Å². The Balaban J connectivity index is 2.90. The van der Waals surface area contributed by atoms with Crippen LogP contribution in [-0.2, 0) is 20.7 Å². The summed E-state index contributed by atoms with van der Waals surface area (Å²) in [5, 5.41) is 1.69. The predicted octanol–water partition coefficient (Wildman–Crippen LogP) is 2.62. The molecule has 0 aliphatic heterocycles. The molecule has 0 aliphatic rings. The van der Waals surface area contributed by atoms with E-state index in [1.807, 2.05) is 0 Å². The maximum atomic E-state index is 12.4. The smallest absolute Gasteiger partial charge is 0.458 e. The second-order valence-electron chi connectivity index (χ2n) is 5.75. The fourth-order valence-corrected chi connectivity index (χ4v) is 1.66. The van der Waals surface area contributed by atoms with E-state index in [9.17, 15) is 22.8 Å². The molecule has 22 heavy (non-hydrogen) atoms. The topological polar surface area (TPSA) is 55.4 Å². The Labute approximate surface area is 126 Å².